The highest BCUT2D eigenvalue weighted by molar-refractivity contribution is 5.72. The van der Waals surface area contributed by atoms with Crippen LogP contribution in [0, 0.1) is 0 Å². The van der Waals surface area contributed by atoms with Crippen LogP contribution in [-0.2, 0) is 5.92 Å². The van der Waals surface area contributed by atoms with Crippen molar-refractivity contribution in [1.29, 1.82) is 0 Å². The topological polar surface area (TPSA) is 64.7 Å². The molecule has 126 valence electrons. The van der Waals surface area contributed by atoms with Crippen LogP contribution in [0.4, 0.5) is 8.78 Å². The number of methoxy groups -OCH3 is 2. The first-order chi connectivity index (χ1) is 11.5. The third kappa shape index (κ3) is 2.67. The van der Waals surface area contributed by atoms with Gasteiger partial charge in [-0.05, 0) is 29.8 Å². The van der Waals surface area contributed by atoms with Gasteiger partial charge in [0.2, 0.25) is 0 Å². The second kappa shape index (κ2) is 6.09. The van der Waals surface area contributed by atoms with Gasteiger partial charge in [0.25, 0.3) is 5.89 Å². The van der Waals surface area contributed by atoms with E-state index < -0.39 is 17.9 Å². The fourth-order valence-electron chi connectivity index (χ4n) is 2.36. The molecule has 0 aliphatic rings. The van der Waals surface area contributed by atoms with Crippen LogP contribution in [0.25, 0.3) is 11.1 Å². The van der Waals surface area contributed by atoms with Gasteiger partial charge in [0.1, 0.15) is 5.52 Å². The number of para-hydroxylation sites is 2. The summed E-state index contributed by atoms with van der Waals surface area (Å²) in [7, 11) is 2.81. The predicted octanol–water partition coefficient (Wildman–Crippen LogP) is 3.67. The minimum atomic E-state index is -3.71. The van der Waals surface area contributed by atoms with Crippen molar-refractivity contribution in [2.75, 3.05) is 14.2 Å². The van der Waals surface area contributed by atoms with E-state index in [2.05, 4.69) is 4.98 Å². The maximum absolute atomic E-state index is 14.6. The molecule has 0 bridgehead atoms. The Morgan fingerprint density at radius 3 is 2.46 bits per heavy atom. The molecule has 1 N–H and O–H groups in total. The van der Waals surface area contributed by atoms with Gasteiger partial charge in [0.15, 0.2) is 23.2 Å². The summed E-state index contributed by atoms with van der Waals surface area (Å²) in [5.74, 6) is -3.94. The quantitative estimate of drug-likeness (QED) is 0.771. The maximum atomic E-state index is 14.6. The molecule has 1 atom stereocenters. The zero-order chi connectivity index (χ0) is 17.3. The number of aliphatic hydroxyl groups is 1. The number of hydrogen-bond acceptors (Lipinski definition) is 5. The van der Waals surface area contributed by atoms with Crippen LogP contribution in [0.15, 0.2) is 46.9 Å². The number of hydrogen-bond donors (Lipinski definition) is 1. The fourth-order valence-corrected chi connectivity index (χ4v) is 2.36. The number of rotatable bonds is 5. The second-order valence-corrected chi connectivity index (χ2v) is 5.13. The summed E-state index contributed by atoms with van der Waals surface area (Å²) in [5.41, 5.74) is 0.485. The standard InChI is InChI=1S/C17H15F2NO4/c1-22-13-8-7-10(9-14(13)23-2)15(21)17(18,19)16-20-11-5-3-4-6-12(11)24-16/h3-9,15,21H,1-2H3. The molecule has 0 saturated carbocycles. The molecule has 1 aromatic heterocycles. The SMILES string of the molecule is COc1ccc(C(O)C(F)(F)c2nc3ccccc3o2)cc1OC. The summed E-state index contributed by atoms with van der Waals surface area (Å²) in [4.78, 5) is 3.77. The first-order valence-corrected chi connectivity index (χ1v) is 7.11. The van der Waals surface area contributed by atoms with Crippen molar-refractivity contribution in [3.8, 4) is 11.5 Å². The van der Waals surface area contributed by atoms with E-state index in [1.165, 1.54) is 38.5 Å². The summed E-state index contributed by atoms with van der Waals surface area (Å²) in [5, 5.41) is 10.2. The molecule has 0 aliphatic heterocycles. The monoisotopic (exact) mass is 335 g/mol. The number of alkyl halides is 2. The van der Waals surface area contributed by atoms with Crippen molar-refractivity contribution in [3.63, 3.8) is 0 Å². The molecule has 0 aliphatic carbocycles. The number of aliphatic hydroxyl groups excluding tert-OH is 1. The van der Waals surface area contributed by atoms with E-state index >= 15 is 0 Å². The highest BCUT2D eigenvalue weighted by atomic mass is 19.3. The van der Waals surface area contributed by atoms with Crippen LogP contribution in [0.5, 0.6) is 11.5 Å². The number of oxazole rings is 1. The molecule has 0 amide bonds. The number of nitrogens with zero attached hydrogens (tertiary/aromatic N) is 1. The Morgan fingerprint density at radius 1 is 1.08 bits per heavy atom. The minimum Gasteiger partial charge on any atom is -0.493 e. The molecule has 0 spiro atoms. The van der Waals surface area contributed by atoms with E-state index in [1.54, 1.807) is 18.2 Å². The van der Waals surface area contributed by atoms with E-state index in [1.807, 2.05) is 0 Å². The number of aromatic nitrogens is 1. The highest BCUT2D eigenvalue weighted by Gasteiger charge is 2.46. The van der Waals surface area contributed by atoms with Gasteiger partial charge in [0.05, 0.1) is 14.2 Å². The molecular weight excluding hydrogens is 320 g/mol. The average molecular weight is 335 g/mol. The van der Waals surface area contributed by atoms with Crippen LogP contribution < -0.4 is 9.47 Å². The van der Waals surface area contributed by atoms with Crippen molar-refractivity contribution in [3.05, 3.63) is 53.9 Å². The Kier molecular flexibility index (Phi) is 4.11. The third-order valence-corrected chi connectivity index (χ3v) is 3.65. The van der Waals surface area contributed by atoms with Crippen molar-refractivity contribution in [2.45, 2.75) is 12.0 Å². The molecule has 1 unspecified atom stereocenters. The van der Waals surface area contributed by atoms with E-state index in [9.17, 15) is 13.9 Å². The minimum absolute atomic E-state index is 0.0418. The summed E-state index contributed by atoms with van der Waals surface area (Å²) in [6, 6.07) is 10.5. The van der Waals surface area contributed by atoms with Gasteiger partial charge in [-0.25, -0.2) is 4.98 Å². The number of halogens is 2. The molecule has 5 nitrogen and oxygen atoms in total. The van der Waals surface area contributed by atoms with Gasteiger partial charge in [-0.2, -0.15) is 8.78 Å². The zero-order valence-electron chi connectivity index (χ0n) is 13.0. The Bertz CT molecular complexity index is 830. The first-order valence-electron chi connectivity index (χ1n) is 7.11. The van der Waals surface area contributed by atoms with Gasteiger partial charge < -0.3 is 19.0 Å². The van der Waals surface area contributed by atoms with Gasteiger partial charge in [-0.1, -0.05) is 18.2 Å². The lowest BCUT2D eigenvalue weighted by Gasteiger charge is -2.20. The van der Waals surface area contributed by atoms with E-state index in [0.29, 0.717) is 11.3 Å². The van der Waals surface area contributed by atoms with Gasteiger partial charge >= 0.3 is 5.92 Å². The predicted molar refractivity (Wildman–Crippen MR) is 82.4 cm³/mol. The Balaban J connectivity index is 1.99. The Hall–Kier alpha value is -2.67. The lowest BCUT2D eigenvalue weighted by Crippen LogP contribution is -2.24. The fraction of sp³-hybridized carbons (Fsp3) is 0.235. The van der Waals surface area contributed by atoms with Crippen molar-refractivity contribution < 1.29 is 27.8 Å². The van der Waals surface area contributed by atoms with Crippen LogP contribution in [-0.4, -0.2) is 24.3 Å². The lowest BCUT2D eigenvalue weighted by atomic mass is 10.0. The molecule has 2 aromatic carbocycles. The number of benzene rings is 2. The summed E-state index contributed by atoms with van der Waals surface area (Å²) in [6.07, 6.45) is -2.15. The molecule has 3 aromatic rings. The van der Waals surface area contributed by atoms with Crippen LogP contribution in [0.3, 0.4) is 0 Å². The van der Waals surface area contributed by atoms with Gasteiger partial charge in [0, 0.05) is 0 Å². The molecule has 1 heterocycles. The number of fused-ring (bicyclic) bond motifs is 1. The Labute approximate surface area is 136 Å². The smallest absolute Gasteiger partial charge is 0.351 e. The van der Waals surface area contributed by atoms with E-state index in [-0.39, 0.29) is 16.9 Å². The Morgan fingerprint density at radius 2 is 1.79 bits per heavy atom. The lowest BCUT2D eigenvalue weighted by molar-refractivity contribution is -0.133. The van der Waals surface area contributed by atoms with E-state index in [0.717, 1.165) is 0 Å². The average Bonchev–Trinajstić information content (AvgIpc) is 3.05. The summed E-state index contributed by atoms with van der Waals surface area (Å²) in [6.45, 7) is 0. The third-order valence-electron chi connectivity index (χ3n) is 3.65. The molecule has 7 heteroatoms. The highest BCUT2D eigenvalue weighted by Crippen LogP contribution is 2.42. The molecule has 3 rings (SSSR count). The molecule has 0 saturated heterocycles. The van der Waals surface area contributed by atoms with Crippen LogP contribution in [0.2, 0.25) is 0 Å². The normalized spacial score (nSPS) is 13.0. The first kappa shape index (κ1) is 16.2. The van der Waals surface area contributed by atoms with Crippen LogP contribution in [0.1, 0.15) is 17.6 Å². The summed E-state index contributed by atoms with van der Waals surface area (Å²) < 4.78 is 44.5. The molecular formula is C17H15F2NO4. The van der Waals surface area contributed by atoms with Crippen LogP contribution >= 0.6 is 0 Å². The largest absolute Gasteiger partial charge is 0.493 e. The van der Waals surface area contributed by atoms with Gasteiger partial charge in [-0.3, -0.25) is 0 Å². The second-order valence-electron chi connectivity index (χ2n) is 5.13. The molecule has 24 heavy (non-hydrogen) atoms. The zero-order valence-corrected chi connectivity index (χ0v) is 13.0. The molecule has 0 radical (unpaired) electrons. The van der Waals surface area contributed by atoms with Crippen molar-refractivity contribution in [2.24, 2.45) is 0 Å². The van der Waals surface area contributed by atoms with Gasteiger partial charge in [-0.15, -0.1) is 0 Å². The summed E-state index contributed by atoms with van der Waals surface area (Å²) >= 11 is 0. The molecule has 0 fully saturated rings. The van der Waals surface area contributed by atoms with Crippen molar-refractivity contribution in [1.82, 2.24) is 4.98 Å². The van der Waals surface area contributed by atoms with E-state index in [4.69, 9.17) is 13.9 Å². The number of ether oxygens (including phenoxy) is 2. The maximum Gasteiger partial charge on any atom is 0.351 e. The van der Waals surface area contributed by atoms with Crippen molar-refractivity contribution >= 4 is 11.1 Å².